The van der Waals surface area contributed by atoms with Gasteiger partial charge in [-0.2, -0.15) is 22.0 Å². The predicted molar refractivity (Wildman–Crippen MR) is 57.4 cm³/mol. The summed E-state index contributed by atoms with van der Waals surface area (Å²) in [4.78, 5) is 7.49. The van der Waals surface area contributed by atoms with Gasteiger partial charge in [0.05, 0.1) is 0 Å². The van der Waals surface area contributed by atoms with Crippen LogP contribution in [0.25, 0.3) is 10.8 Å². The second kappa shape index (κ2) is 5.20. The van der Waals surface area contributed by atoms with E-state index < -0.39 is 19.9 Å². The molecule has 8 heteroatoms. The van der Waals surface area contributed by atoms with E-state index in [4.69, 9.17) is 4.89 Å². The van der Waals surface area contributed by atoms with Crippen molar-refractivity contribution in [3.8, 4) is 0 Å². The van der Waals surface area contributed by atoms with Crippen LogP contribution in [0.4, 0.5) is 22.0 Å². The molecular formula is C10H8F5O2P. The third-order valence-electron chi connectivity index (χ3n) is 2.03. The zero-order valence-electron chi connectivity index (χ0n) is 8.71. The molecule has 0 aromatic heterocycles. The first-order valence-electron chi connectivity index (χ1n) is 4.60. The molecule has 1 N–H and O–H groups in total. The van der Waals surface area contributed by atoms with Crippen LogP contribution in [0, 0.1) is 0 Å². The Labute approximate surface area is 99.2 Å². The monoisotopic (exact) mass is 286 g/mol. The van der Waals surface area contributed by atoms with E-state index in [2.05, 4.69) is 36.4 Å². The zero-order valence-corrected chi connectivity index (χ0v) is 9.71. The van der Waals surface area contributed by atoms with Crippen molar-refractivity contribution in [3.63, 3.8) is 0 Å². The van der Waals surface area contributed by atoms with E-state index in [0.29, 0.717) is 0 Å². The summed E-state index contributed by atoms with van der Waals surface area (Å²) in [6.07, 6.45) is -5.93. The first-order valence-corrected chi connectivity index (χ1v) is 5.96. The minimum atomic E-state index is -5.93. The third-order valence-corrected chi connectivity index (χ3v) is 2.85. The first-order chi connectivity index (χ1) is 8.14. The zero-order chi connectivity index (χ0) is 14.0. The number of rotatable bonds is 1. The Morgan fingerprint density at radius 3 is 1.17 bits per heavy atom. The summed E-state index contributed by atoms with van der Waals surface area (Å²) in [7, 11) is -4.88. The van der Waals surface area contributed by atoms with Crippen molar-refractivity contribution in [2.75, 3.05) is 0 Å². The smallest absolute Gasteiger partial charge is 0.342 e. The molecule has 0 spiro atoms. The average Bonchev–Trinajstić information content (AvgIpc) is 2.30. The van der Waals surface area contributed by atoms with Crippen LogP contribution < -0.4 is 0 Å². The van der Waals surface area contributed by atoms with Crippen LogP contribution in [0.2, 0.25) is 0 Å². The lowest BCUT2D eigenvalue weighted by atomic mass is 10.1. The van der Waals surface area contributed by atoms with Gasteiger partial charge in [0.15, 0.2) is 0 Å². The van der Waals surface area contributed by atoms with E-state index in [1.165, 1.54) is 10.8 Å². The van der Waals surface area contributed by atoms with E-state index in [1.807, 2.05) is 0 Å². The van der Waals surface area contributed by atoms with Crippen molar-refractivity contribution < 1.29 is 31.4 Å². The molecule has 3 aromatic carbocycles. The lowest BCUT2D eigenvalue weighted by Crippen LogP contribution is -2.32. The molecule has 1 atom stereocenters. The molecule has 0 saturated carbocycles. The van der Waals surface area contributed by atoms with E-state index in [9.17, 15) is 26.5 Å². The van der Waals surface area contributed by atoms with Gasteiger partial charge in [-0.3, -0.25) is 4.57 Å². The maximum Gasteiger partial charge on any atom is 0.463 e. The number of hydrogen-bond donors (Lipinski definition) is 1. The quantitative estimate of drug-likeness (QED) is 0.638. The third kappa shape index (κ3) is 3.40. The van der Waals surface area contributed by atoms with Crippen LogP contribution in [0.5, 0.6) is 0 Å². The van der Waals surface area contributed by atoms with Crippen LogP contribution in [-0.2, 0) is 4.57 Å². The van der Waals surface area contributed by atoms with Gasteiger partial charge in [-0.1, -0.05) is 36.4 Å². The summed E-state index contributed by atoms with van der Waals surface area (Å²) in [6.45, 7) is 0. The van der Waals surface area contributed by atoms with Gasteiger partial charge in [0.1, 0.15) is 0 Å². The van der Waals surface area contributed by atoms with Crippen LogP contribution in [0.15, 0.2) is 36.4 Å². The Bertz CT molecular complexity index is 448. The molecule has 0 aliphatic heterocycles. The molecule has 2 nitrogen and oxygen atoms in total. The standard InChI is InChI=1S/C8H6.C2H2F5O2P/c1-2-8-5-3-7(1)4-6-8;3-1(4,5)2(6,7)10(8)9/h1-6H;10H,(H,8,9). The molecule has 0 aliphatic rings. The average molecular weight is 286 g/mol. The number of benzene rings is 3. The Hall–Kier alpha value is -1.20. The van der Waals surface area contributed by atoms with Gasteiger partial charge < -0.3 is 4.89 Å². The Balaban J connectivity index is 0.000000182. The fraction of sp³-hybridized carbons (Fsp3) is 0.200. The van der Waals surface area contributed by atoms with Gasteiger partial charge in [-0.15, -0.1) is 0 Å². The second-order valence-corrected chi connectivity index (χ2v) is 4.62. The van der Waals surface area contributed by atoms with Crippen LogP contribution in [0.3, 0.4) is 0 Å². The van der Waals surface area contributed by atoms with E-state index >= 15 is 0 Å². The van der Waals surface area contributed by atoms with Crippen molar-refractivity contribution in [2.24, 2.45) is 0 Å². The highest BCUT2D eigenvalue weighted by Crippen LogP contribution is 2.50. The van der Waals surface area contributed by atoms with Crippen LogP contribution >= 0.6 is 8.03 Å². The number of alkyl halides is 5. The van der Waals surface area contributed by atoms with Gasteiger partial charge in [0.2, 0.25) is 0 Å². The summed E-state index contributed by atoms with van der Waals surface area (Å²) < 4.78 is 65.2. The number of fused-ring (bicyclic) bond motifs is 3. The normalized spacial score (nSPS) is 14.1. The van der Waals surface area contributed by atoms with E-state index in [-0.39, 0.29) is 0 Å². The van der Waals surface area contributed by atoms with E-state index in [0.717, 1.165) is 0 Å². The molecular weight excluding hydrogens is 278 g/mol. The van der Waals surface area contributed by atoms with E-state index in [1.54, 1.807) is 0 Å². The van der Waals surface area contributed by atoms with Gasteiger partial charge in [0, 0.05) is 0 Å². The molecule has 2 bridgehead atoms. The summed E-state index contributed by atoms with van der Waals surface area (Å²) in [6, 6.07) is 12.7. The van der Waals surface area contributed by atoms with Gasteiger partial charge in [-0.05, 0) is 10.8 Å². The molecule has 18 heavy (non-hydrogen) atoms. The molecule has 0 aliphatic carbocycles. The molecule has 0 saturated heterocycles. The summed E-state index contributed by atoms with van der Waals surface area (Å²) >= 11 is 0. The minimum Gasteiger partial charge on any atom is -0.342 e. The van der Waals surface area contributed by atoms with Crippen molar-refractivity contribution in [1.29, 1.82) is 0 Å². The maximum absolute atomic E-state index is 11.4. The van der Waals surface area contributed by atoms with Crippen molar-refractivity contribution in [1.82, 2.24) is 0 Å². The Kier molecular flexibility index (Phi) is 4.29. The fourth-order valence-electron chi connectivity index (χ4n) is 1.03. The van der Waals surface area contributed by atoms with Gasteiger partial charge in [0.25, 0.3) is 8.03 Å². The minimum absolute atomic E-state index is 1.31. The summed E-state index contributed by atoms with van der Waals surface area (Å²) in [5.74, 6) is 0. The highest BCUT2D eigenvalue weighted by molar-refractivity contribution is 7.39. The lowest BCUT2D eigenvalue weighted by molar-refractivity contribution is -0.243. The SMILES string of the molecule is O=[PH](O)C(F)(F)C(F)(F)F.c1cc2ccc1cc2. The van der Waals surface area contributed by atoms with Crippen LogP contribution in [0.1, 0.15) is 0 Å². The summed E-state index contributed by atoms with van der Waals surface area (Å²) in [5.41, 5.74) is -5.46. The molecule has 0 fully saturated rings. The molecule has 0 heterocycles. The molecule has 0 amide bonds. The van der Waals surface area contributed by atoms with Crippen molar-refractivity contribution >= 4 is 18.8 Å². The highest BCUT2D eigenvalue weighted by atomic mass is 31.1. The highest BCUT2D eigenvalue weighted by Gasteiger charge is 2.61. The van der Waals surface area contributed by atoms with Crippen molar-refractivity contribution in [3.05, 3.63) is 36.4 Å². The van der Waals surface area contributed by atoms with Gasteiger partial charge >= 0.3 is 11.8 Å². The Morgan fingerprint density at radius 1 is 0.833 bits per heavy atom. The van der Waals surface area contributed by atoms with Crippen LogP contribution in [-0.4, -0.2) is 16.7 Å². The number of halogens is 5. The molecule has 100 valence electrons. The Morgan fingerprint density at radius 2 is 1.11 bits per heavy atom. The number of hydrogen-bond acceptors (Lipinski definition) is 1. The lowest BCUT2D eigenvalue weighted by Gasteiger charge is -2.15. The second-order valence-electron chi connectivity index (χ2n) is 3.38. The molecule has 3 rings (SSSR count). The van der Waals surface area contributed by atoms with Gasteiger partial charge in [-0.25, -0.2) is 0 Å². The predicted octanol–water partition coefficient (Wildman–Crippen LogP) is 3.89. The van der Waals surface area contributed by atoms with Crippen molar-refractivity contribution in [2.45, 2.75) is 11.8 Å². The first kappa shape index (κ1) is 14.9. The molecule has 0 radical (unpaired) electrons. The summed E-state index contributed by atoms with van der Waals surface area (Å²) in [5, 5.41) is 2.61. The molecule has 1 unspecified atom stereocenters. The molecule has 3 aromatic rings. The fourth-order valence-corrected chi connectivity index (χ4v) is 1.27. The topological polar surface area (TPSA) is 37.3 Å². The largest absolute Gasteiger partial charge is 0.463 e. The maximum atomic E-state index is 11.4.